The van der Waals surface area contributed by atoms with Crippen LogP contribution in [0.5, 0.6) is 5.75 Å². The zero-order valence-corrected chi connectivity index (χ0v) is 24.6. The summed E-state index contributed by atoms with van der Waals surface area (Å²) in [5.41, 5.74) is 5.11. The maximum Gasteiger partial charge on any atom is 0.353 e. The van der Waals surface area contributed by atoms with E-state index in [1.807, 2.05) is 24.3 Å². The van der Waals surface area contributed by atoms with E-state index in [0.29, 0.717) is 21.8 Å². The van der Waals surface area contributed by atoms with Crippen molar-refractivity contribution >= 4 is 58.7 Å². The first kappa shape index (κ1) is 30.2. The highest BCUT2D eigenvalue weighted by atomic mass is 35.5. The molecular formula is C32H29ClN4O4S. The Kier molecular flexibility index (Phi) is 10.6. The molecule has 8 nitrogen and oxygen atoms in total. The number of amides is 2. The fraction of sp³-hybridized carbons (Fsp3) is 0.125. The SMILES string of the molecule is CCN(CC)c1ccc(/C=C(/NC(=O)c2ccccc2Cl)C(=O)N/N=C/c2ccc(OC(=O)c3cccs3)cc2)cc1. The van der Waals surface area contributed by atoms with E-state index in [1.165, 1.54) is 17.6 Å². The molecule has 0 bridgehead atoms. The van der Waals surface area contributed by atoms with Crippen molar-refractivity contribution in [3.63, 3.8) is 0 Å². The molecule has 10 heteroatoms. The van der Waals surface area contributed by atoms with Crippen LogP contribution >= 0.6 is 22.9 Å². The molecule has 0 radical (unpaired) electrons. The Morgan fingerprint density at radius 2 is 1.60 bits per heavy atom. The molecule has 0 fully saturated rings. The summed E-state index contributed by atoms with van der Waals surface area (Å²) in [7, 11) is 0. The van der Waals surface area contributed by atoms with Gasteiger partial charge in [0.15, 0.2) is 0 Å². The highest BCUT2D eigenvalue weighted by molar-refractivity contribution is 7.12. The number of carbonyl (C=O) groups excluding carboxylic acids is 3. The van der Waals surface area contributed by atoms with Crippen LogP contribution in [-0.4, -0.2) is 37.1 Å². The zero-order chi connectivity index (χ0) is 29.9. The topological polar surface area (TPSA) is 100 Å². The first-order chi connectivity index (χ1) is 20.4. The van der Waals surface area contributed by atoms with Gasteiger partial charge in [0.05, 0.1) is 16.8 Å². The summed E-state index contributed by atoms with van der Waals surface area (Å²) in [6.45, 7) is 5.91. The lowest BCUT2D eigenvalue weighted by Crippen LogP contribution is -2.33. The Morgan fingerprint density at radius 3 is 2.24 bits per heavy atom. The highest BCUT2D eigenvalue weighted by Gasteiger charge is 2.16. The van der Waals surface area contributed by atoms with E-state index in [2.05, 4.69) is 34.6 Å². The van der Waals surface area contributed by atoms with Gasteiger partial charge in [0.1, 0.15) is 16.3 Å². The van der Waals surface area contributed by atoms with Crippen LogP contribution in [0.15, 0.2) is 101 Å². The van der Waals surface area contributed by atoms with Crippen molar-refractivity contribution in [3.8, 4) is 5.75 Å². The number of benzene rings is 3. The summed E-state index contributed by atoms with van der Waals surface area (Å²) in [4.78, 5) is 41.0. The van der Waals surface area contributed by atoms with E-state index in [-0.39, 0.29) is 16.3 Å². The maximum atomic E-state index is 13.1. The van der Waals surface area contributed by atoms with Crippen LogP contribution in [0.2, 0.25) is 5.02 Å². The molecule has 214 valence electrons. The lowest BCUT2D eigenvalue weighted by molar-refractivity contribution is -0.117. The first-order valence-corrected chi connectivity index (χ1v) is 14.5. The molecule has 0 aliphatic heterocycles. The molecule has 0 aliphatic carbocycles. The highest BCUT2D eigenvalue weighted by Crippen LogP contribution is 2.19. The van der Waals surface area contributed by atoms with Crippen molar-refractivity contribution in [2.75, 3.05) is 18.0 Å². The molecule has 2 amide bonds. The van der Waals surface area contributed by atoms with Crippen molar-refractivity contribution in [3.05, 3.63) is 123 Å². The van der Waals surface area contributed by atoms with Gasteiger partial charge in [-0.25, -0.2) is 10.2 Å². The summed E-state index contributed by atoms with van der Waals surface area (Å²) < 4.78 is 5.36. The van der Waals surface area contributed by atoms with Gasteiger partial charge in [-0.2, -0.15) is 5.10 Å². The number of nitrogens with zero attached hydrogens (tertiary/aromatic N) is 2. The smallest absolute Gasteiger partial charge is 0.353 e. The molecular weight excluding hydrogens is 572 g/mol. The van der Waals surface area contributed by atoms with Gasteiger partial charge in [-0.1, -0.05) is 41.9 Å². The molecule has 0 aliphatic rings. The number of esters is 1. The quantitative estimate of drug-likeness (QED) is 0.0683. The third kappa shape index (κ3) is 8.15. The van der Waals surface area contributed by atoms with Crippen LogP contribution in [0.4, 0.5) is 5.69 Å². The molecule has 0 saturated heterocycles. The zero-order valence-electron chi connectivity index (χ0n) is 23.0. The Morgan fingerprint density at radius 1 is 0.905 bits per heavy atom. The molecule has 3 aromatic carbocycles. The van der Waals surface area contributed by atoms with Crippen molar-refractivity contribution in [2.45, 2.75) is 13.8 Å². The first-order valence-electron chi connectivity index (χ1n) is 13.2. The fourth-order valence-corrected chi connectivity index (χ4v) is 4.75. The second-order valence-corrected chi connectivity index (χ2v) is 10.2. The average molecular weight is 601 g/mol. The summed E-state index contributed by atoms with van der Waals surface area (Å²) in [6.07, 6.45) is 3.01. The molecule has 4 aromatic rings. The number of anilines is 1. The van der Waals surface area contributed by atoms with E-state index < -0.39 is 17.8 Å². The number of halogens is 1. The monoisotopic (exact) mass is 600 g/mol. The predicted molar refractivity (Wildman–Crippen MR) is 168 cm³/mol. The number of carbonyl (C=O) groups is 3. The predicted octanol–water partition coefficient (Wildman–Crippen LogP) is 6.39. The van der Waals surface area contributed by atoms with E-state index in [4.69, 9.17) is 16.3 Å². The number of nitrogens with one attached hydrogen (secondary N) is 2. The number of hydrazone groups is 1. The lowest BCUT2D eigenvalue weighted by atomic mass is 10.1. The van der Waals surface area contributed by atoms with E-state index >= 15 is 0 Å². The maximum absolute atomic E-state index is 13.1. The molecule has 1 aromatic heterocycles. The van der Waals surface area contributed by atoms with Crippen molar-refractivity contribution in [1.82, 2.24) is 10.7 Å². The Hall–Kier alpha value is -4.73. The average Bonchev–Trinajstić information content (AvgIpc) is 3.55. The Labute approximate surface area is 253 Å². The Bertz CT molecular complexity index is 1580. The van der Waals surface area contributed by atoms with Gasteiger partial charge in [0.2, 0.25) is 0 Å². The van der Waals surface area contributed by atoms with Gasteiger partial charge in [0, 0.05) is 18.8 Å². The molecule has 4 rings (SSSR count). The third-order valence-electron chi connectivity index (χ3n) is 6.14. The standard InChI is InChI=1S/C32H29ClN4O4S/c1-3-37(4-2)24-15-11-22(12-16-24)20-28(35-30(38)26-8-5-6-9-27(26)33)31(39)36-34-21-23-13-17-25(18-14-23)41-32(40)29-10-7-19-42-29/h5-21H,3-4H2,1-2H3,(H,35,38)(H,36,39)/b28-20+,34-21+. The minimum Gasteiger partial charge on any atom is -0.422 e. The van der Waals surface area contributed by atoms with Crippen LogP contribution in [0.25, 0.3) is 6.08 Å². The minimum absolute atomic E-state index is 0.0107. The van der Waals surface area contributed by atoms with Gasteiger partial charge in [-0.3, -0.25) is 9.59 Å². The second-order valence-electron chi connectivity index (χ2n) is 8.89. The number of hydrogen-bond donors (Lipinski definition) is 2. The van der Waals surface area contributed by atoms with Gasteiger partial charge < -0.3 is 15.0 Å². The second kappa shape index (κ2) is 14.8. The minimum atomic E-state index is -0.624. The van der Waals surface area contributed by atoms with Crippen molar-refractivity contribution in [1.29, 1.82) is 0 Å². The van der Waals surface area contributed by atoms with Crippen LogP contribution in [0, 0.1) is 0 Å². The molecule has 0 atom stereocenters. The molecule has 0 unspecified atom stereocenters. The normalized spacial score (nSPS) is 11.3. The number of hydrogen-bond acceptors (Lipinski definition) is 7. The van der Waals surface area contributed by atoms with Crippen LogP contribution in [-0.2, 0) is 4.79 Å². The summed E-state index contributed by atoms with van der Waals surface area (Å²) in [5.74, 6) is -1.20. The summed E-state index contributed by atoms with van der Waals surface area (Å²) in [5, 5.41) is 8.77. The largest absolute Gasteiger partial charge is 0.422 e. The van der Waals surface area contributed by atoms with E-state index in [1.54, 1.807) is 72.1 Å². The molecule has 1 heterocycles. The van der Waals surface area contributed by atoms with Gasteiger partial charge in [-0.05, 0) is 91.0 Å². The summed E-state index contributed by atoms with van der Waals surface area (Å²) >= 11 is 7.50. The van der Waals surface area contributed by atoms with Crippen molar-refractivity contribution < 1.29 is 19.1 Å². The van der Waals surface area contributed by atoms with Gasteiger partial charge >= 0.3 is 5.97 Å². The van der Waals surface area contributed by atoms with E-state index in [0.717, 1.165) is 18.8 Å². The number of thiophene rings is 1. The number of ether oxygens (including phenoxy) is 1. The van der Waals surface area contributed by atoms with Gasteiger partial charge in [0.25, 0.3) is 11.8 Å². The van der Waals surface area contributed by atoms with Gasteiger partial charge in [-0.15, -0.1) is 11.3 Å². The van der Waals surface area contributed by atoms with Crippen LogP contribution < -0.4 is 20.4 Å². The van der Waals surface area contributed by atoms with Crippen molar-refractivity contribution in [2.24, 2.45) is 5.10 Å². The molecule has 0 saturated carbocycles. The fourth-order valence-electron chi connectivity index (χ4n) is 3.93. The molecule has 2 N–H and O–H groups in total. The third-order valence-corrected chi connectivity index (χ3v) is 7.32. The molecule has 42 heavy (non-hydrogen) atoms. The van der Waals surface area contributed by atoms with E-state index in [9.17, 15) is 14.4 Å². The number of rotatable bonds is 11. The summed E-state index contributed by atoms with van der Waals surface area (Å²) in [6, 6.07) is 24.4. The van der Waals surface area contributed by atoms with Crippen LogP contribution in [0.3, 0.4) is 0 Å². The Balaban J connectivity index is 1.47. The lowest BCUT2D eigenvalue weighted by Gasteiger charge is -2.21. The molecule has 0 spiro atoms. The van der Waals surface area contributed by atoms with Crippen LogP contribution in [0.1, 0.15) is 45.0 Å².